The van der Waals surface area contributed by atoms with Crippen LogP contribution >= 0.6 is 0 Å². The highest BCUT2D eigenvalue weighted by molar-refractivity contribution is 6.12. The zero-order chi connectivity index (χ0) is 18.1. The Balaban J connectivity index is 1.78. The summed E-state index contributed by atoms with van der Waals surface area (Å²) in [5.74, 6) is 1.77. The van der Waals surface area contributed by atoms with Gasteiger partial charge in [-0.15, -0.1) is 0 Å². The van der Waals surface area contributed by atoms with Gasteiger partial charge in [0, 0.05) is 12.2 Å². The molecular weight excluding hydrogens is 328 g/mol. The van der Waals surface area contributed by atoms with Gasteiger partial charge in [0.05, 0.1) is 18.9 Å². The number of hydrogen-bond acceptors (Lipinski definition) is 5. The molecule has 0 bridgehead atoms. The summed E-state index contributed by atoms with van der Waals surface area (Å²) in [6.45, 7) is 0.490. The molecule has 0 aliphatic carbocycles. The van der Waals surface area contributed by atoms with Crippen LogP contribution in [0.3, 0.4) is 0 Å². The fourth-order valence-corrected chi connectivity index (χ4v) is 3.14. The van der Waals surface area contributed by atoms with Crippen molar-refractivity contribution < 1.29 is 9.15 Å². The van der Waals surface area contributed by atoms with Crippen LogP contribution in [0.15, 0.2) is 65.3 Å². The fourth-order valence-electron chi connectivity index (χ4n) is 3.14. The summed E-state index contributed by atoms with van der Waals surface area (Å²) in [6, 6.07) is 17.5. The normalized spacial score (nSPS) is 16.2. The molecule has 0 radical (unpaired) electrons. The van der Waals surface area contributed by atoms with Crippen molar-refractivity contribution in [1.82, 2.24) is 0 Å². The van der Waals surface area contributed by atoms with E-state index in [9.17, 15) is 0 Å². The standard InChI is InChI=1S/C20H20N4O2/c1-25-16-8-4-14(5-9-16)19-23-20-17(10-11-26-20)18(22)24(19)15-6-2-13(12-21)3-7-15/h2-11,19,22-23H,12,21H2,1H3. The molecular formula is C20H20N4O2. The van der Waals surface area contributed by atoms with Crippen molar-refractivity contribution in [2.75, 3.05) is 17.3 Å². The minimum atomic E-state index is -0.268. The van der Waals surface area contributed by atoms with Crippen LogP contribution in [0.5, 0.6) is 5.75 Å². The number of nitrogens with two attached hydrogens (primary N) is 1. The maximum atomic E-state index is 8.72. The first kappa shape index (κ1) is 16.2. The molecule has 0 saturated heterocycles. The third-order valence-electron chi connectivity index (χ3n) is 4.57. The van der Waals surface area contributed by atoms with Gasteiger partial charge in [-0.2, -0.15) is 0 Å². The lowest BCUT2D eigenvalue weighted by molar-refractivity contribution is 0.414. The highest BCUT2D eigenvalue weighted by atomic mass is 16.5. The van der Waals surface area contributed by atoms with Crippen LogP contribution in [0, 0.1) is 5.41 Å². The van der Waals surface area contributed by atoms with Crippen molar-refractivity contribution >= 4 is 17.4 Å². The highest BCUT2D eigenvalue weighted by Crippen LogP contribution is 2.37. The van der Waals surface area contributed by atoms with E-state index in [-0.39, 0.29) is 6.17 Å². The molecule has 4 rings (SSSR count). The Labute approximate surface area is 151 Å². The first-order chi connectivity index (χ1) is 12.7. The average molecular weight is 348 g/mol. The van der Waals surface area contributed by atoms with Gasteiger partial charge in [-0.05, 0) is 41.5 Å². The van der Waals surface area contributed by atoms with E-state index in [2.05, 4.69) is 5.32 Å². The maximum Gasteiger partial charge on any atom is 0.205 e. The summed E-state index contributed by atoms with van der Waals surface area (Å²) < 4.78 is 10.8. The Hall–Kier alpha value is -3.25. The lowest BCUT2D eigenvalue weighted by Crippen LogP contribution is -2.42. The summed E-state index contributed by atoms with van der Waals surface area (Å²) in [4.78, 5) is 1.94. The number of benzene rings is 2. The summed E-state index contributed by atoms with van der Waals surface area (Å²) in [7, 11) is 1.64. The molecule has 1 atom stereocenters. The summed E-state index contributed by atoms with van der Waals surface area (Å²) >= 11 is 0. The van der Waals surface area contributed by atoms with Gasteiger partial charge >= 0.3 is 0 Å². The van der Waals surface area contributed by atoms with Crippen LogP contribution in [0.4, 0.5) is 11.6 Å². The first-order valence-corrected chi connectivity index (χ1v) is 8.36. The lowest BCUT2D eigenvalue weighted by Gasteiger charge is -2.38. The van der Waals surface area contributed by atoms with Gasteiger partial charge < -0.3 is 25.1 Å². The quantitative estimate of drug-likeness (QED) is 0.669. The molecule has 1 unspecified atom stereocenters. The number of hydrogen-bond donors (Lipinski definition) is 3. The Morgan fingerprint density at radius 1 is 1.12 bits per heavy atom. The number of furan rings is 1. The van der Waals surface area contributed by atoms with E-state index in [1.807, 2.05) is 53.4 Å². The Morgan fingerprint density at radius 3 is 2.50 bits per heavy atom. The number of fused-ring (bicyclic) bond motifs is 1. The molecule has 6 heteroatoms. The van der Waals surface area contributed by atoms with Gasteiger partial charge in [-0.3, -0.25) is 5.41 Å². The molecule has 0 amide bonds. The van der Waals surface area contributed by atoms with Crippen LogP contribution < -0.4 is 20.7 Å². The van der Waals surface area contributed by atoms with Crippen LogP contribution in [0.25, 0.3) is 0 Å². The molecule has 6 nitrogen and oxygen atoms in total. The second-order valence-corrected chi connectivity index (χ2v) is 6.07. The topological polar surface area (TPSA) is 87.5 Å². The molecule has 1 aromatic heterocycles. The monoisotopic (exact) mass is 348 g/mol. The van der Waals surface area contributed by atoms with Gasteiger partial charge in [-0.1, -0.05) is 24.3 Å². The zero-order valence-corrected chi connectivity index (χ0v) is 14.4. The maximum absolute atomic E-state index is 8.72. The van der Waals surface area contributed by atoms with Crippen LogP contribution in [-0.4, -0.2) is 12.9 Å². The number of anilines is 2. The highest BCUT2D eigenvalue weighted by Gasteiger charge is 2.33. The third kappa shape index (κ3) is 2.70. The number of methoxy groups -OCH3 is 1. The number of rotatable bonds is 4. The molecule has 0 saturated carbocycles. The van der Waals surface area contributed by atoms with E-state index in [0.29, 0.717) is 18.3 Å². The SMILES string of the molecule is COc1ccc(C2Nc3occc3C(=N)N2c2ccc(CN)cc2)cc1. The van der Waals surface area contributed by atoms with Crippen molar-refractivity contribution in [3.8, 4) is 5.75 Å². The van der Waals surface area contributed by atoms with Crippen molar-refractivity contribution in [2.45, 2.75) is 12.7 Å². The Morgan fingerprint density at radius 2 is 1.85 bits per heavy atom. The van der Waals surface area contributed by atoms with Crippen LogP contribution in [0.2, 0.25) is 0 Å². The molecule has 26 heavy (non-hydrogen) atoms. The lowest BCUT2D eigenvalue weighted by atomic mass is 10.0. The fraction of sp³-hybridized carbons (Fsp3) is 0.150. The van der Waals surface area contributed by atoms with Crippen LogP contribution in [-0.2, 0) is 6.54 Å². The Kier molecular flexibility index (Phi) is 4.10. The predicted octanol–water partition coefficient (Wildman–Crippen LogP) is 3.70. The summed E-state index contributed by atoms with van der Waals surface area (Å²) in [6.07, 6.45) is 1.33. The van der Waals surface area contributed by atoms with Crippen molar-refractivity contribution in [2.24, 2.45) is 5.73 Å². The van der Waals surface area contributed by atoms with E-state index in [4.69, 9.17) is 20.3 Å². The number of amidine groups is 1. The second-order valence-electron chi connectivity index (χ2n) is 6.07. The number of ether oxygens (including phenoxy) is 1. The van der Waals surface area contributed by atoms with Crippen molar-refractivity contribution in [1.29, 1.82) is 5.41 Å². The van der Waals surface area contributed by atoms with Gasteiger partial charge in [0.2, 0.25) is 5.88 Å². The molecule has 1 aliphatic heterocycles. The minimum absolute atomic E-state index is 0.268. The predicted molar refractivity (Wildman–Crippen MR) is 102 cm³/mol. The van der Waals surface area contributed by atoms with Crippen molar-refractivity contribution in [3.63, 3.8) is 0 Å². The van der Waals surface area contributed by atoms with E-state index in [1.54, 1.807) is 19.4 Å². The van der Waals surface area contributed by atoms with Crippen LogP contribution in [0.1, 0.15) is 22.9 Å². The van der Waals surface area contributed by atoms with Gasteiger partial charge in [0.1, 0.15) is 17.8 Å². The van der Waals surface area contributed by atoms with E-state index < -0.39 is 0 Å². The van der Waals surface area contributed by atoms with E-state index >= 15 is 0 Å². The molecule has 132 valence electrons. The molecule has 2 heterocycles. The smallest absolute Gasteiger partial charge is 0.205 e. The second kappa shape index (κ2) is 6.57. The first-order valence-electron chi connectivity index (χ1n) is 8.36. The largest absolute Gasteiger partial charge is 0.497 e. The molecule has 4 N–H and O–H groups in total. The molecule has 0 fully saturated rings. The van der Waals surface area contributed by atoms with Gasteiger partial charge in [0.25, 0.3) is 0 Å². The molecule has 3 aromatic rings. The summed E-state index contributed by atoms with van der Waals surface area (Å²) in [5.41, 5.74) is 9.40. The van der Waals surface area contributed by atoms with Crippen molar-refractivity contribution in [3.05, 3.63) is 77.6 Å². The zero-order valence-electron chi connectivity index (χ0n) is 14.4. The Bertz CT molecular complexity index is 916. The molecule has 2 aromatic carbocycles. The van der Waals surface area contributed by atoms with E-state index in [0.717, 1.165) is 28.1 Å². The average Bonchev–Trinajstić information content (AvgIpc) is 3.17. The van der Waals surface area contributed by atoms with Gasteiger partial charge in [0.15, 0.2) is 0 Å². The summed E-state index contributed by atoms with van der Waals surface area (Å²) in [5, 5.41) is 12.1. The van der Waals surface area contributed by atoms with E-state index in [1.165, 1.54) is 0 Å². The number of nitrogens with zero attached hydrogens (tertiary/aromatic N) is 1. The molecule has 0 spiro atoms. The van der Waals surface area contributed by atoms with Gasteiger partial charge in [-0.25, -0.2) is 0 Å². The number of nitrogens with one attached hydrogen (secondary N) is 2. The molecule has 1 aliphatic rings. The minimum Gasteiger partial charge on any atom is -0.497 e. The third-order valence-corrected chi connectivity index (χ3v) is 4.57.